The molecule has 0 saturated carbocycles. The Morgan fingerprint density at radius 2 is 1.74 bits per heavy atom. The van der Waals surface area contributed by atoms with Crippen LogP contribution in [0.5, 0.6) is 5.75 Å². The number of rotatable bonds is 7. The molecule has 0 aliphatic carbocycles. The molecule has 3 aromatic carbocycles. The topological polar surface area (TPSA) is 111 Å². The fourth-order valence-corrected chi connectivity index (χ4v) is 3.97. The van der Waals surface area contributed by atoms with Gasteiger partial charge in [0, 0.05) is 11.8 Å². The molecule has 1 saturated heterocycles. The molecule has 4 N–H and O–H groups in total. The van der Waals surface area contributed by atoms with Crippen LogP contribution < -0.4 is 15.4 Å². The number of nitrogens with zero attached hydrogens (tertiary/aromatic N) is 3. The number of hydrogen-bond donors (Lipinski definition) is 3. The van der Waals surface area contributed by atoms with Crippen molar-refractivity contribution in [2.75, 3.05) is 10.8 Å². The maximum atomic E-state index is 13.7. The summed E-state index contributed by atoms with van der Waals surface area (Å²) in [6.07, 6.45) is -2.30. The molecule has 0 spiro atoms. The van der Waals surface area contributed by atoms with Crippen LogP contribution in [-0.2, 0) is 0 Å². The molecular formula is C27H26F4N6OS. The number of nitrogens with two attached hydrogens (primary N) is 1. The second-order valence-corrected chi connectivity index (χ2v) is 9.34. The Balaban J connectivity index is 0.000000239. The van der Waals surface area contributed by atoms with Crippen LogP contribution in [0.2, 0.25) is 0 Å². The van der Waals surface area contributed by atoms with E-state index >= 15 is 0 Å². The minimum Gasteiger partial charge on any atom is -0.406 e. The third kappa shape index (κ3) is 8.40. The van der Waals surface area contributed by atoms with Crippen LogP contribution >= 0.6 is 11.8 Å². The molecule has 0 radical (unpaired) electrons. The van der Waals surface area contributed by atoms with Crippen LogP contribution in [0, 0.1) is 16.6 Å². The second kappa shape index (κ2) is 13.1. The zero-order valence-electron chi connectivity index (χ0n) is 21.0. The molecule has 3 aromatic rings. The molecule has 0 unspecified atom stereocenters. The highest BCUT2D eigenvalue weighted by atomic mass is 32.2. The van der Waals surface area contributed by atoms with Crippen LogP contribution in [0.25, 0.3) is 0 Å². The van der Waals surface area contributed by atoms with Crippen molar-refractivity contribution in [1.82, 2.24) is 0 Å². The summed E-state index contributed by atoms with van der Waals surface area (Å²) >= 11 is 1.43. The Bertz CT molecular complexity index is 1360. The van der Waals surface area contributed by atoms with E-state index < -0.39 is 6.36 Å². The molecule has 1 aliphatic rings. The monoisotopic (exact) mass is 558 g/mol. The molecular weight excluding hydrogens is 532 g/mol. The van der Waals surface area contributed by atoms with Gasteiger partial charge in [-0.05, 0) is 47.4 Å². The van der Waals surface area contributed by atoms with Crippen LogP contribution in [0.4, 0.5) is 28.9 Å². The Morgan fingerprint density at radius 1 is 1.08 bits per heavy atom. The maximum Gasteiger partial charge on any atom is 0.573 e. The van der Waals surface area contributed by atoms with Gasteiger partial charge in [-0.1, -0.05) is 62.0 Å². The molecule has 0 amide bonds. The van der Waals surface area contributed by atoms with E-state index in [0.717, 1.165) is 23.3 Å². The van der Waals surface area contributed by atoms with Gasteiger partial charge in [0.15, 0.2) is 5.17 Å². The lowest BCUT2D eigenvalue weighted by Gasteiger charge is -2.34. The number of thioether (sulfide) groups is 1. The zero-order valence-corrected chi connectivity index (χ0v) is 21.9. The molecule has 4 rings (SSSR count). The van der Waals surface area contributed by atoms with Crippen LogP contribution in [0.3, 0.4) is 0 Å². The van der Waals surface area contributed by atoms with Crippen molar-refractivity contribution in [3.05, 3.63) is 89.2 Å². The van der Waals surface area contributed by atoms with Gasteiger partial charge < -0.3 is 20.8 Å². The molecule has 7 nitrogen and oxygen atoms in total. The lowest BCUT2D eigenvalue weighted by molar-refractivity contribution is -0.274. The summed E-state index contributed by atoms with van der Waals surface area (Å²) in [5.74, 6) is 0.628. The summed E-state index contributed by atoms with van der Waals surface area (Å²) < 4.78 is 53.6. The number of amidine groups is 2. The van der Waals surface area contributed by atoms with Crippen molar-refractivity contribution in [2.45, 2.75) is 26.1 Å². The summed E-state index contributed by atoms with van der Waals surface area (Å²) in [5, 5.41) is 15.1. The average molecular weight is 559 g/mol. The lowest BCUT2D eigenvalue weighted by Crippen LogP contribution is -2.39. The first-order valence-corrected chi connectivity index (χ1v) is 12.6. The van der Waals surface area contributed by atoms with Crippen molar-refractivity contribution < 1.29 is 22.3 Å². The van der Waals surface area contributed by atoms with E-state index in [1.165, 1.54) is 42.5 Å². The van der Waals surface area contributed by atoms with Crippen molar-refractivity contribution in [3.8, 4) is 5.75 Å². The first-order valence-electron chi connectivity index (χ1n) is 11.6. The number of para-hydroxylation sites is 1. The predicted molar refractivity (Wildman–Crippen MR) is 149 cm³/mol. The first-order chi connectivity index (χ1) is 18.5. The SMILES string of the molecule is CC(C)c1cccc(F)c1N1CSC1=N.N=Cc1ccc(C(N)=NC=Nc2ccc(OC(F)(F)F)cc2)cc1. The van der Waals surface area contributed by atoms with Gasteiger partial charge in [-0.2, -0.15) is 0 Å². The number of ether oxygens (including phenoxy) is 1. The highest BCUT2D eigenvalue weighted by Crippen LogP contribution is 2.36. The zero-order chi connectivity index (χ0) is 28.6. The number of hydrogen-bond acceptors (Lipinski definition) is 5. The number of alkyl halides is 3. The normalized spacial score (nSPS) is 13.7. The first kappa shape index (κ1) is 29.4. The lowest BCUT2D eigenvalue weighted by atomic mass is 10.0. The number of aliphatic imine (C=N–C) groups is 2. The van der Waals surface area contributed by atoms with Gasteiger partial charge in [0.1, 0.15) is 23.7 Å². The number of benzene rings is 3. The van der Waals surface area contributed by atoms with Gasteiger partial charge >= 0.3 is 6.36 Å². The highest BCUT2D eigenvalue weighted by Gasteiger charge is 2.31. The van der Waals surface area contributed by atoms with Crippen LogP contribution in [-0.4, -0.2) is 35.8 Å². The Hall–Kier alpha value is -4.19. The standard InChI is InChI=1S/C16H13F3N4O.C11H13FN2S/c17-16(18,19)24-14-7-5-13(6-8-14)22-10-23-15(21)12-3-1-11(9-20)2-4-12;1-7(2)8-4-3-5-9(12)10(8)14-6-15-11(14)13/h1-10,20H,(H2,21,22,23);3-5,7,13H,6H2,1-2H3. The number of anilines is 1. The van der Waals surface area contributed by atoms with E-state index in [9.17, 15) is 17.6 Å². The van der Waals surface area contributed by atoms with E-state index in [-0.39, 0.29) is 23.3 Å². The molecule has 1 fully saturated rings. The molecule has 0 aromatic heterocycles. The van der Waals surface area contributed by atoms with Crippen molar-refractivity contribution in [3.63, 3.8) is 0 Å². The quantitative estimate of drug-likeness (QED) is 0.164. The minimum atomic E-state index is -4.73. The van der Waals surface area contributed by atoms with Gasteiger partial charge in [-0.15, -0.1) is 13.2 Å². The third-order valence-electron chi connectivity index (χ3n) is 5.33. The predicted octanol–water partition coefficient (Wildman–Crippen LogP) is 7.04. The average Bonchev–Trinajstić information content (AvgIpc) is 2.89. The molecule has 0 bridgehead atoms. The van der Waals surface area contributed by atoms with Gasteiger partial charge in [0.25, 0.3) is 0 Å². The van der Waals surface area contributed by atoms with Crippen molar-refractivity contribution in [1.29, 1.82) is 10.8 Å². The Morgan fingerprint density at radius 3 is 2.26 bits per heavy atom. The summed E-state index contributed by atoms with van der Waals surface area (Å²) in [7, 11) is 0. The highest BCUT2D eigenvalue weighted by molar-refractivity contribution is 8.16. The number of nitrogens with one attached hydrogen (secondary N) is 2. The van der Waals surface area contributed by atoms with Gasteiger partial charge in [0.05, 0.1) is 17.3 Å². The summed E-state index contributed by atoms with van der Waals surface area (Å²) in [5.41, 5.74) is 9.16. The summed E-state index contributed by atoms with van der Waals surface area (Å²) in [4.78, 5) is 9.66. The Labute approximate surface area is 227 Å². The third-order valence-corrected chi connectivity index (χ3v) is 6.21. The minimum absolute atomic E-state index is 0.229. The van der Waals surface area contributed by atoms with Crippen molar-refractivity contribution in [2.24, 2.45) is 15.7 Å². The molecule has 0 atom stereocenters. The largest absolute Gasteiger partial charge is 0.573 e. The van der Waals surface area contributed by atoms with Crippen LogP contribution in [0.15, 0.2) is 76.7 Å². The molecule has 12 heteroatoms. The van der Waals surface area contributed by atoms with Crippen LogP contribution in [0.1, 0.15) is 36.5 Å². The van der Waals surface area contributed by atoms with Crippen molar-refractivity contribution >= 4 is 46.7 Å². The molecule has 39 heavy (non-hydrogen) atoms. The fraction of sp³-hybridized carbons (Fsp3) is 0.185. The summed E-state index contributed by atoms with van der Waals surface area (Å²) in [6.45, 7) is 4.07. The fourth-order valence-electron chi connectivity index (χ4n) is 3.36. The van der Waals surface area contributed by atoms with E-state index in [1.807, 2.05) is 19.9 Å². The van der Waals surface area contributed by atoms with Gasteiger partial charge in [0.2, 0.25) is 0 Å². The maximum absolute atomic E-state index is 13.7. The molecule has 1 heterocycles. The Kier molecular flexibility index (Phi) is 9.83. The second-order valence-electron chi connectivity index (χ2n) is 8.41. The van der Waals surface area contributed by atoms with E-state index in [2.05, 4.69) is 14.7 Å². The summed E-state index contributed by atoms with van der Waals surface area (Å²) in [6, 6.07) is 17.0. The van der Waals surface area contributed by atoms with Gasteiger partial charge in [-0.25, -0.2) is 14.4 Å². The van der Waals surface area contributed by atoms with E-state index in [4.69, 9.17) is 16.6 Å². The van der Waals surface area contributed by atoms with E-state index in [1.54, 1.807) is 35.2 Å². The smallest absolute Gasteiger partial charge is 0.406 e. The molecule has 204 valence electrons. The van der Waals surface area contributed by atoms with Gasteiger partial charge in [-0.3, -0.25) is 5.41 Å². The van der Waals surface area contributed by atoms with E-state index in [0.29, 0.717) is 28.0 Å². The molecule has 1 aliphatic heterocycles. The number of halogens is 4.